The van der Waals surface area contributed by atoms with E-state index in [2.05, 4.69) is 24.1 Å². The van der Waals surface area contributed by atoms with Gasteiger partial charge in [-0.05, 0) is 43.4 Å². The number of nitrogens with one attached hydrogen (secondary N) is 1. The molecule has 2 aliphatic rings. The van der Waals surface area contributed by atoms with Gasteiger partial charge in [-0.1, -0.05) is 13.8 Å². The van der Waals surface area contributed by atoms with E-state index in [1.54, 1.807) is 6.07 Å². The lowest BCUT2D eigenvalue weighted by Gasteiger charge is -2.17. The number of rotatable bonds is 5. The van der Waals surface area contributed by atoms with Crippen molar-refractivity contribution in [2.75, 3.05) is 25.0 Å². The number of nitrogens with zero attached hydrogens (tertiary/aromatic N) is 2. The Bertz CT molecular complexity index is 935. The molecule has 0 saturated heterocycles. The van der Waals surface area contributed by atoms with Crippen LogP contribution in [0.5, 0.6) is 0 Å². The zero-order valence-corrected chi connectivity index (χ0v) is 15.5. The minimum Gasteiger partial charge on any atom is -0.486 e. The number of hydrogen-bond acceptors (Lipinski definition) is 4. The fourth-order valence-corrected chi connectivity index (χ4v) is 3.61. The lowest BCUT2D eigenvalue weighted by atomic mass is 10.0. The van der Waals surface area contributed by atoms with E-state index in [4.69, 9.17) is 9.72 Å². The predicted octanol–water partition coefficient (Wildman–Crippen LogP) is 3.46. The van der Waals surface area contributed by atoms with Crippen molar-refractivity contribution in [3.8, 4) is 0 Å². The molecule has 0 radical (unpaired) electrons. The van der Waals surface area contributed by atoms with E-state index in [0.717, 1.165) is 43.0 Å². The van der Waals surface area contributed by atoms with Gasteiger partial charge in [0.1, 0.15) is 18.2 Å². The highest BCUT2D eigenvalue weighted by Gasteiger charge is 2.33. The van der Waals surface area contributed by atoms with Crippen LogP contribution in [-0.4, -0.2) is 35.4 Å². The first kappa shape index (κ1) is 17.7. The quantitative estimate of drug-likeness (QED) is 0.823. The van der Waals surface area contributed by atoms with Gasteiger partial charge in [-0.25, -0.2) is 4.39 Å². The van der Waals surface area contributed by atoms with Gasteiger partial charge in [-0.15, -0.1) is 0 Å². The van der Waals surface area contributed by atoms with Crippen LogP contribution in [-0.2, 0) is 22.6 Å². The van der Waals surface area contributed by atoms with Gasteiger partial charge in [0.05, 0.1) is 11.3 Å². The standard InChI is InChI=1S/C21H22FN3O2/c1-3-25(4-2)10-9-14-6-7-15-18(23-14)12-27-20(15)19-16-11-13(22)5-8-17(16)24-21(19)26/h5-8,11H,3-4,9-10,12H2,1-2H3,(H,24,26). The first-order chi connectivity index (χ1) is 13.1. The lowest BCUT2D eigenvalue weighted by Crippen LogP contribution is -2.25. The number of anilines is 1. The highest BCUT2D eigenvalue weighted by molar-refractivity contribution is 6.36. The molecule has 0 spiro atoms. The number of fused-ring (bicyclic) bond motifs is 2. The summed E-state index contributed by atoms with van der Waals surface area (Å²) in [6, 6.07) is 8.21. The summed E-state index contributed by atoms with van der Waals surface area (Å²) in [5, 5.41) is 2.77. The Morgan fingerprint density at radius 3 is 2.78 bits per heavy atom. The SMILES string of the molecule is CCN(CC)CCc1ccc2c(n1)COC2=C1C(=O)Nc2ccc(F)cc21. The van der Waals surface area contributed by atoms with E-state index < -0.39 is 0 Å². The topological polar surface area (TPSA) is 54.5 Å². The first-order valence-corrected chi connectivity index (χ1v) is 9.30. The van der Waals surface area contributed by atoms with Crippen LogP contribution in [0.2, 0.25) is 0 Å². The average molecular weight is 367 g/mol. The predicted molar refractivity (Wildman–Crippen MR) is 102 cm³/mol. The molecule has 1 N–H and O–H groups in total. The number of carbonyl (C=O) groups is 1. The van der Waals surface area contributed by atoms with Gasteiger partial charge in [-0.3, -0.25) is 9.78 Å². The smallest absolute Gasteiger partial charge is 0.260 e. The van der Waals surface area contributed by atoms with Gasteiger partial charge in [0.2, 0.25) is 0 Å². The summed E-state index contributed by atoms with van der Waals surface area (Å²) >= 11 is 0. The summed E-state index contributed by atoms with van der Waals surface area (Å²) in [7, 11) is 0. The second-order valence-electron chi connectivity index (χ2n) is 6.71. The molecule has 0 fully saturated rings. The summed E-state index contributed by atoms with van der Waals surface area (Å²) in [4.78, 5) is 19.5. The van der Waals surface area contributed by atoms with Crippen LogP contribution in [0.4, 0.5) is 10.1 Å². The van der Waals surface area contributed by atoms with Crippen molar-refractivity contribution < 1.29 is 13.9 Å². The van der Waals surface area contributed by atoms with E-state index in [1.807, 2.05) is 12.1 Å². The maximum absolute atomic E-state index is 13.7. The summed E-state index contributed by atoms with van der Waals surface area (Å²) in [6.07, 6.45) is 0.870. The Morgan fingerprint density at radius 2 is 2.00 bits per heavy atom. The highest BCUT2D eigenvalue weighted by atomic mass is 19.1. The van der Waals surface area contributed by atoms with Crippen molar-refractivity contribution in [1.29, 1.82) is 0 Å². The Hall–Kier alpha value is -2.73. The summed E-state index contributed by atoms with van der Waals surface area (Å²) in [5.41, 5.74) is 4.16. The van der Waals surface area contributed by atoms with Crippen LogP contribution < -0.4 is 5.32 Å². The summed E-state index contributed by atoms with van der Waals surface area (Å²) < 4.78 is 19.5. The molecule has 0 bridgehead atoms. The van der Waals surface area contributed by atoms with Crippen molar-refractivity contribution in [2.24, 2.45) is 0 Å². The van der Waals surface area contributed by atoms with Crippen molar-refractivity contribution in [3.63, 3.8) is 0 Å². The maximum Gasteiger partial charge on any atom is 0.260 e. The van der Waals surface area contributed by atoms with Gasteiger partial charge in [0.15, 0.2) is 0 Å². The van der Waals surface area contributed by atoms with Crippen LogP contribution in [0.3, 0.4) is 0 Å². The van der Waals surface area contributed by atoms with Crippen LogP contribution in [0.1, 0.15) is 36.4 Å². The van der Waals surface area contributed by atoms with E-state index in [9.17, 15) is 9.18 Å². The molecule has 2 aliphatic heterocycles. The molecule has 6 heteroatoms. The molecule has 3 heterocycles. The van der Waals surface area contributed by atoms with Crippen LogP contribution in [0.15, 0.2) is 30.3 Å². The van der Waals surface area contributed by atoms with Crippen LogP contribution >= 0.6 is 0 Å². The molecule has 0 atom stereocenters. The van der Waals surface area contributed by atoms with Gasteiger partial charge in [0, 0.05) is 35.5 Å². The third-order valence-corrected chi connectivity index (χ3v) is 5.16. The van der Waals surface area contributed by atoms with Gasteiger partial charge < -0.3 is 15.0 Å². The molecular formula is C21H22FN3O2. The Balaban J connectivity index is 1.66. The molecule has 0 saturated carbocycles. The fourth-order valence-electron chi connectivity index (χ4n) is 3.61. The number of ether oxygens (including phenoxy) is 1. The maximum atomic E-state index is 13.7. The summed E-state index contributed by atoms with van der Waals surface area (Å²) in [6.45, 7) is 7.63. The highest BCUT2D eigenvalue weighted by Crippen LogP contribution is 2.41. The van der Waals surface area contributed by atoms with Gasteiger partial charge in [0.25, 0.3) is 5.91 Å². The van der Waals surface area contributed by atoms with E-state index in [0.29, 0.717) is 29.2 Å². The number of aromatic nitrogens is 1. The Morgan fingerprint density at radius 1 is 1.19 bits per heavy atom. The molecule has 1 aromatic heterocycles. The molecule has 1 amide bonds. The molecule has 5 nitrogen and oxygen atoms in total. The molecule has 4 rings (SSSR count). The minimum absolute atomic E-state index is 0.274. The zero-order valence-electron chi connectivity index (χ0n) is 15.5. The number of carbonyl (C=O) groups excluding carboxylic acids is 1. The van der Waals surface area contributed by atoms with E-state index in [-0.39, 0.29) is 11.7 Å². The molecule has 140 valence electrons. The van der Waals surface area contributed by atoms with Gasteiger partial charge >= 0.3 is 0 Å². The van der Waals surface area contributed by atoms with Crippen molar-refractivity contribution >= 4 is 22.9 Å². The van der Waals surface area contributed by atoms with E-state index in [1.165, 1.54) is 12.1 Å². The van der Waals surface area contributed by atoms with Crippen LogP contribution in [0.25, 0.3) is 11.3 Å². The number of halogens is 1. The second kappa shape index (κ2) is 7.12. The largest absolute Gasteiger partial charge is 0.486 e. The number of hydrogen-bond donors (Lipinski definition) is 1. The molecule has 0 unspecified atom stereocenters. The zero-order chi connectivity index (χ0) is 19.0. The first-order valence-electron chi connectivity index (χ1n) is 9.30. The monoisotopic (exact) mass is 367 g/mol. The molecule has 2 aromatic rings. The van der Waals surface area contributed by atoms with E-state index >= 15 is 0 Å². The third-order valence-electron chi connectivity index (χ3n) is 5.16. The molecule has 1 aromatic carbocycles. The Labute approximate surface area is 157 Å². The van der Waals surface area contributed by atoms with Crippen molar-refractivity contribution in [2.45, 2.75) is 26.9 Å². The Kier molecular flexibility index (Phi) is 4.66. The third kappa shape index (κ3) is 3.21. The number of amides is 1. The molecular weight excluding hydrogens is 345 g/mol. The minimum atomic E-state index is -0.383. The summed E-state index contributed by atoms with van der Waals surface area (Å²) in [5.74, 6) is -0.176. The second-order valence-corrected chi connectivity index (χ2v) is 6.71. The average Bonchev–Trinajstić information content (AvgIpc) is 3.21. The number of pyridine rings is 1. The fraction of sp³-hybridized carbons (Fsp3) is 0.333. The van der Waals surface area contributed by atoms with Crippen LogP contribution in [0, 0.1) is 5.82 Å². The molecule has 0 aliphatic carbocycles. The van der Waals surface area contributed by atoms with Crippen molar-refractivity contribution in [1.82, 2.24) is 9.88 Å². The lowest BCUT2D eigenvalue weighted by molar-refractivity contribution is -0.110. The molecule has 27 heavy (non-hydrogen) atoms. The number of benzene rings is 1. The van der Waals surface area contributed by atoms with Gasteiger partial charge in [-0.2, -0.15) is 0 Å². The van der Waals surface area contributed by atoms with Crippen molar-refractivity contribution in [3.05, 3.63) is 58.7 Å². The normalized spacial score (nSPS) is 17.7. The number of likely N-dealkylation sites (N-methyl/N-ethyl adjacent to an activating group) is 1.